The van der Waals surface area contributed by atoms with E-state index in [1.165, 1.54) is 0 Å². The van der Waals surface area contributed by atoms with Crippen molar-refractivity contribution in [2.75, 3.05) is 11.6 Å². The molecule has 2 aromatic carbocycles. The van der Waals surface area contributed by atoms with Gasteiger partial charge in [-0.1, -0.05) is 36.7 Å². The van der Waals surface area contributed by atoms with E-state index in [1.54, 1.807) is 23.1 Å². The molecule has 1 N–H and O–H groups in total. The number of benzene rings is 2. The van der Waals surface area contributed by atoms with E-state index in [9.17, 15) is 9.59 Å². The van der Waals surface area contributed by atoms with E-state index in [0.29, 0.717) is 11.2 Å². The Bertz CT molecular complexity index is 876. The lowest BCUT2D eigenvalue weighted by Gasteiger charge is -2.21. The molecule has 1 atom stereocenters. The Kier molecular flexibility index (Phi) is 5.00. The Morgan fingerprint density at radius 3 is 2.52 bits per heavy atom. The number of rotatable bonds is 6. The number of carboxylic acid groups (broad SMARTS) is 1. The molecule has 1 aliphatic heterocycles. The Balaban J connectivity index is 1.72. The van der Waals surface area contributed by atoms with Crippen LogP contribution < -0.4 is 15.1 Å². The van der Waals surface area contributed by atoms with Gasteiger partial charge in [0.2, 0.25) is 5.91 Å². The molecule has 0 saturated carbocycles. The minimum atomic E-state index is -0.822. The highest BCUT2D eigenvalue weighted by Gasteiger charge is 2.43. The maximum atomic E-state index is 12.8. The van der Waals surface area contributed by atoms with Gasteiger partial charge in [-0.05, 0) is 49.1 Å². The molecule has 1 heterocycles. The van der Waals surface area contributed by atoms with E-state index >= 15 is 0 Å². The molecule has 2 aromatic rings. The van der Waals surface area contributed by atoms with E-state index in [0.717, 1.165) is 16.8 Å². The van der Waals surface area contributed by atoms with E-state index < -0.39 is 11.4 Å². The molecule has 1 amide bonds. The first-order valence-corrected chi connectivity index (χ1v) is 8.86. The molecule has 0 fully saturated rings. The highest BCUT2D eigenvalue weighted by Crippen LogP contribution is 2.40. The summed E-state index contributed by atoms with van der Waals surface area (Å²) in [6, 6.07) is 12.8. The monoisotopic (exact) mass is 363 g/mol. The lowest BCUT2D eigenvalue weighted by Crippen LogP contribution is -2.38. The van der Waals surface area contributed by atoms with Crippen molar-refractivity contribution in [1.29, 1.82) is 0 Å². The normalized spacial score (nSPS) is 16.1. The molecule has 0 aromatic heterocycles. The topological polar surface area (TPSA) is 66.8 Å². The quantitative estimate of drug-likeness (QED) is 0.802. The third-order valence-corrected chi connectivity index (χ3v) is 5.05. The first-order chi connectivity index (χ1) is 12.7. The van der Waals surface area contributed by atoms with Crippen molar-refractivity contribution >= 4 is 30.9 Å². The highest BCUT2D eigenvalue weighted by molar-refractivity contribution is 6.32. The van der Waals surface area contributed by atoms with Gasteiger partial charge in [0.15, 0.2) is 6.73 Å². The van der Waals surface area contributed by atoms with Crippen molar-refractivity contribution in [2.24, 2.45) is 0 Å². The van der Waals surface area contributed by atoms with Gasteiger partial charge >= 0.3 is 5.97 Å². The van der Waals surface area contributed by atoms with Crippen LogP contribution in [0, 0.1) is 0 Å². The van der Waals surface area contributed by atoms with Crippen LogP contribution >= 0.6 is 0 Å². The third-order valence-electron chi connectivity index (χ3n) is 5.05. The fraction of sp³-hybridized carbons (Fsp3) is 0.333. The van der Waals surface area contributed by atoms with Gasteiger partial charge in [0.05, 0.1) is 17.5 Å². The summed E-state index contributed by atoms with van der Waals surface area (Å²) < 4.78 is 5.81. The number of hydrogen-bond acceptors (Lipinski definition) is 3. The first kappa shape index (κ1) is 19.0. The number of anilines is 1. The van der Waals surface area contributed by atoms with Crippen LogP contribution in [0.4, 0.5) is 5.69 Å². The average Bonchev–Trinajstić information content (AvgIpc) is 2.80. The second-order valence-electron chi connectivity index (χ2n) is 7.48. The number of nitrogens with zero attached hydrogens (tertiary/aromatic N) is 1. The van der Waals surface area contributed by atoms with Crippen molar-refractivity contribution in [2.45, 2.75) is 38.5 Å². The molecule has 1 aliphatic rings. The van der Waals surface area contributed by atoms with Crippen LogP contribution in [-0.4, -0.2) is 31.6 Å². The second-order valence-corrected chi connectivity index (χ2v) is 7.48. The van der Waals surface area contributed by atoms with Gasteiger partial charge in [-0.3, -0.25) is 14.5 Å². The van der Waals surface area contributed by atoms with Gasteiger partial charge in [0.1, 0.15) is 13.6 Å². The summed E-state index contributed by atoms with van der Waals surface area (Å²) in [6.07, 6.45) is 0.0808. The van der Waals surface area contributed by atoms with Crippen molar-refractivity contribution < 1.29 is 19.4 Å². The molecule has 138 valence electrons. The van der Waals surface area contributed by atoms with Gasteiger partial charge in [-0.2, -0.15) is 0 Å². The second kappa shape index (κ2) is 7.10. The summed E-state index contributed by atoms with van der Waals surface area (Å²) in [5.41, 5.74) is 2.62. The summed E-state index contributed by atoms with van der Waals surface area (Å²) >= 11 is 0. The minimum Gasteiger partial charge on any atom is -0.481 e. The summed E-state index contributed by atoms with van der Waals surface area (Å²) in [5.74, 6) is -0.308. The number of ether oxygens (including phenoxy) is 1. The lowest BCUT2D eigenvalue weighted by molar-refractivity contribution is -0.137. The Hall–Kier alpha value is -2.76. The van der Waals surface area contributed by atoms with Crippen LogP contribution in [-0.2, 0) is 15.0 Å². The largest absolute Gasteiger partial charge is 0.481 e. The van der Waals surface area contributed by atoms with Crippen molar-refractivity contribution in [1.82, 2.24) is 0 Å². The van der Waals surface area contributed by atoms with Crippen LogP contribution in [0.3, 0.4) is 0 Å². The van der Waals surface area contributed by atoms with Crippen molar-refractivity contribution in [3.05, 3.63) is 53.6 Å². The summed E-state index contributed by atoms with van der Waals surface area (Å²) in [5, 5.41) is 8.90. The number of hydrogen-bond donors (Lipinski definition) is 1. The molecule has 0 bridgehead atoms. The SMILES string of the molecule is [B]c1ccc2c(c1)C(C)(C)C(=O)N2COc1ccc(C(C)CC(=O)O)cc1. The van der Waals surface area contributed by atoms with Gasteiger partial charge in [-0.25, -0.2) is 0 Å². The van der Waals surface area contributed by atoms with E-state index in [4.69, 9.17) is 17.7 Å². The fourth-order valence-corrected chi connectivity index (χ4v) is 3.39. The first-order valence-electron chi connectivity index (χ1n) is 8.86. The maximum Gasteiger partial charge on any atom is 0.303 e. The summed E-state index contributed by atoms with van der Waals surface area (Å²) in [4.78, 5) is 25.3. The standard InChI is InChI=1S/C21H22BNO4/c1-13(10-19(24)25)14-4-7-16(8-5-14)27-12-23-18-9-6-15(22)11-17(18)21(2,3)20(23)26/h4-9,11,13H,10,12H2,1-3H3,(H,24,25). The van der Waals surface area contributed by atoms with E-state index in [2.05, 4.69) is 0 Å². The molecular formula is C21H22BNO4. The summed E-state index contributed by atoms with van der Waals surface area (Å²) in [7, 11) is 5.88. The molecule has 6 heteroatoms. The van der Waals surface area contributed by atoms with Gasteiger partial charge in [-0.15, -0.1) is 0 Å². The Morgan fingerprint density at radius 1 is 1.22 bits per heavy atom. The molecule has 3 rings (SSSR count). The molecule has 0 aliphatic carbocycles. The highest BCUT2D eigenvalue weighted by atomic mass is 16.5. The predicted molar refractivity (Wildman–Crippen MR) is 105 cm³/mol. The Labute approximate surface area is 160 Å². The summed E-state index contributed by atoms with van der Waals surface area (Å²) in [6.45, 7) is 5.74. The lowest BCUT2D eigenvalue weighted by atomic mass is 9.83. The predicted octanol–water partition coefficient (Wildman–Crippen LogP) is 2.72. The third kappa shape index (κ3) is 3.70. The van der Waals surface area contributed by atoms with Crippen molar-refractivity contribution in [3.8, 4) is 5.75 Å². The van der Waals surface area contributed by atoms with Crippen LogP contribution in [0.2, 0.25) is 0 Å². The minimum absolute atomic E-state index is 0.0326. The Morgan fingerprint density at radius 2 is 1.89 bits per heavy atom. The molecule has 27 heavy (non-hydrogen) atoms. The fourth-order valence-electron chi connectivity index (χ4n) is 3.39. The molecule has 1 unspecified atom stereocenters. The van der Waals surface area contributed by atoms with Gasteiger partial charge in [0, 0.05) is 0 Å². The molecular weight excluding hydrogens is 341 g/mol. The molecule has 0 spiro atoms. The van der Waals surface area contributed by atoms with E-state index in [1.807, 2.05) is 45.0 Å². The molecule has 5 nitrogen and oxygen atoms in total. The number of fused-ring (bicyclic) bond motifs is 1. The van der Waals surface area contributed by atoms with Gasteiger partial charge < -0.3 is 9.84 Å². The van der Waals surface area contributed by atoms with Crippen molar-refractivity contribution in [3.63, 3.8) is 0 Å². The molecule has 0 saturated heterocycles. The van der Waals surface area contributed by atoms with E-state index in [-0.39, 0.29) is 25.0 Å². The smallest absolute Gasteiger partial charge is 0.303 e. The zero-order chi connectivity index (χ0) is 19.8. The van der Waals surface area contributed by atoms with Gasteiger partial charge in [0.25, 0.3) is 0 Å². The van der Waals surface area contributed by atoms with Crippen LogP contribution in [0.15, 0.2) is 42.5 Å². The number of amides is 1. The zero-order valence-electron chi connectivity index (χ0n) is 15.7. The van der Waals surface area contributed by atoms with Crippen LogP contribution in [0.5, 0.6) is 5.75 Å². The van der Waals surface area contributed by atoms with Crippen LogP contribution in [0.1, 0.15) is 44.2 Å². The number of carbonyl (C=O) groups is 2. The maximum absolute atomic E-state index is 12.8. The number of aliphatic carboxylic acids is 1. The number of carbonyl (C=O) groups excluding carboxylic acids is 1. The van der Waals surface area contributed by atoms with Crippen LogP contribution in [0.25, 0.3) is 0 Å². The molecule has 2 radical (unpaired) electrons. The zero-order valence-corrected chi connectivity index (χ0v) is 15.7. The average molecular weight is 363 g/mol. The number of carboxylic acids is 1.